The minimum atomic E-state index is -0.0282. The summed E-state index contributed by atoms with van der Waals surface area (Å²) in [5, 5.41) is 11.6. The molecule has 0 bridgehead atoms. The monoisotopic (exact) mass is 334 g/mol. The van der Waals surface area contributed by atoms with Crippen LogP contribution in [-0.2, 0) is 11.2 Å². The highest BCUT2D eigenvalue weighted by atomic mass is 16.1. The second-order valence-electron chi connectivity index (χ2n) is 6.01. The minimum Gasteiger partial charge on any atom is -0.367 e. The lowest BCUT2D eigenvalue weighted by atomic mass is 10.1. The van der Waals surface area contributed by atoms with Crippen LogP contribution in [0.4, 0.5) is 5.69 Å². The van der Waals surface area contributed by atoms with Gasteiger partial charge in [-0.2, -0.15) is 15.0 Å². The zero-order valence-electron chi connectivity index (χ0n) is 13.6. The third-order valence-corrected chi connectivity index (χ3v) is 4.14. The summed E-state index contributed by atoms with van der Waals surface area (Å²) >= 11 is 0. The maximum atomic E-state index is 12.2. The molecule has 0 spiro atoms. The molecule has 25 heavy (non-hydrogen) atoms. The van der Waals surface area contributed by atoms with Crippen molar-refractivity contribution >= 4 is 11.6 Å². The fourth-order valence-corrected chi connectivity index (χ4v) is 2.84. The number of amides is 1. The SMILES string of the molecule is O=C(Cc1cnn(-c2ccccc2)n1)NC1CN(c2ccncc2)C1. The molecule has 1 N–H and O–H groups in total. The average molecular weight is 334 g/mol. The van der Waals surface area contributed by atoms with Crippen molar-refractivity contribution in [2.24, 2.45) is 0 Å². The second-order valence-corrected chi connectivity index (χ2v) is 6.01. The van der Waals surface area contributed by atoms with Crippen molar-refractivity contribution in [2.45, 2.75) is 12.5 Å². The maximum Gasteiger partial charge on any atom is 0.226 e. The number of hydrogen-bond donors (Lipinski definition) is 1. The molecule has 1 aromatic carbocycles. The Kier molecular flexibility index (Phi) is 4.12. The lowest BCUT2D eigenvalue weighted by Crippen LogP contribution is -2.59. The molecule has 0 radical (unpaired) electrons. The number of aromatic nitrogens is 4. The maximum absolute atomic E-state index is 12.2. The molecule has 0 saturated carbocycles. The predicted octanol–water partition coefficient (Wildman–Crippen LogP) is 1.21. The van der Waals surface area contributed by atoms with E-state index in [1.807, 2.05) is 42.5 Å². The molecule has 1 amide bonds. The van der Waals surface area contributed by atoms with E-state index in [1.165, 1.54) is 4.80 Å². The molecule has 4 rings (SSSR count). The summed E-state index contributed by atoms with van der Waals surface area (Å²) in [7, 11) is 0. The van der Waals surface area contributed by atoms with Gasteiger partial charge in [0.1, 0.15) is 0 Å². The van der Waals surface area contributed by atoms with Crippen LogP contribution in [0.15, 0.2) is 61.1 Å². The number of rotatable bonds is 5. The molecule has 1 saturated heterocycles. The van der Waals surface area contributed by atoms with Gasteiger partial charge in [-0.15, -0.1) is 0 Å². The Morgan fingerprint density at radius 1 is 1.08 bits per heavy atom. The predicted molar refractivity (Wildman–Crippen MR) is 93.4 cm³/mol. The van der Waals surface area contributed by atoms with Crippen molar-refractivity contribution in [3.05, 3.63) is 66.7 Å². The topological polar surface area (TPSA) is 75.9 Å². The van der Waals surface area contributed by atoms with Crippen LogP contribution in [0.5, 0.6) is 0 Å². The van der Waals surface area contributed by atoms with Gasteiger partial charge in [0.2, 0.25) is 5.91 Å². The standard InChI is InChI=1S/C18H18N6O/c25-18(21-15-12-23(13-15)16-6-8-19-9-7-16)10-14-11-20-24(22-14)17-4-2-1-3-5-17/h1-9,11,15H,10,12-13H2,(H,21,25). The van der Waals surface area contributed by atoms with E-state index in [-0.39, 0.29) is 18.4 Å². The Morgan fingerprint density at radius 2 is 1.84 bits per heavy atom. The highest BCUT2D eigenvalue weighted by Crippen LogP contribution is 2.19. The third kappa shape index (κ3) is 3.50. The van der Waals surface area contributed by atoms with Gasteiger partial charge in [-0.05, 0) is 24.3 Å². The Bertz CT molecular complexity index is 842. The quantitative estimate of drug-likeness (QED) is 0.759. The van der Waals surface area contributed by atoms with Crippen LogP contribution in [0.1, 0.15) is 5.69 Å². The largest absolute Gasteiger partial charge is 0.367 e. The van der Waals surface area contributed by atoms with Crippen LogP contribution in [0, 0.1) is 0 Å². The summed E-state index contributed by atoms with van der Waals surface area (Å²) in [6.07, 6.45) is 5.42. The highest BCUT2D eigenvalue weighted by molar-refractivity contribution is 5.78. The summed E-state index contributed by atoms with van der Waals surface area (Å²) in [5.74, 6) is -0.0282. The van der Waals surface area contributed by atoms with Crippen LogP contribution >= 0.6 is 0 Å². The van der Waals surface area contributed by atoms with Gasteiger partial charge >= 0.3 is 0 Å². The van der Waals surface area contributed by atoms with Crippen molar-refractivity contribution in [1.29, 1.82) is 0 Å². The molecule has 1 aliphatic heterocycles. The molecule has 2 aromatic heterocycles. The van der Waals surface area contributed by atoms with Crippen molar-refractivity contribution in [3.63, 3.8) is 0 Å². The Labute approximate surface area is 145 Å². The fraction of sp³-hybridized carbons (Fsp3) is 0.222. The first-order chi connectivity index (χ1) is 12.3. The molecule has 7 heteroatoms. The van der Waals surface area contributed by atoms with Gasteiger partial charge in [-0.1, -0.05) is 18.2 Å². The number of para-hydroxylation sites is 1. The van der Waals surface area contributed by atoms with Gasteiger partial charge in [0.05, 0.1) is 30.0 Å². The zero-order chi connectivity index (χ0) is 17.1. The Hall–Kier alpha value is -3.22. The van der Waals surface area contributed by atoms with E-state index >= 15 is 0 Å². The molecule has 0 aliphatic carbocycles. The summed E-state index contributed by atoms with van der Waals surface area (Å²) in [6, 6.07) is 13.8. The van der Waals surface area contributed by atoms with Gasteiger partial charge in [-0.25, -0.2) is 0 Å². The Morgan fingerprint density at radius 3 is 2.60 bits per heavy atom. The van der Waals surface area contributed by atoms with Gasteiger partial charge in [0.15, 0.2) is 0 Å². The van der Waals surface area contributed by atoms with E-state index in [2.05, 4.69) is 25.4 Å². The van der Waals surface area contributed by atoms with Gasteiger partial charge < -0.3 is 10.2 Å². The van der Waals surface area contributed by atoms with Gasteiger partial charge in [0, 0.05) is 31.2 Å². The molecule has 3 aromatic rings. The van der Waals surface area contributed by atoms with E-state index in [9.17, 15) is 4.79 Å². The van der Waals surface area contributed by atoms with Crippen LogP contribution < -0.4 is 10.2 Å². The molecule has 1 fully saturated rings. The first-order valence-corrected chi connectivity index (χ1v) is 8.19. The van der Waals surface area contributed by atoms with E-state index in [0.717, 1.165) is 24.5 Å². The lowest BCUT2D eigenvalue weighted by Gasteiger charge is -2.41. The zero-order valence-corrected chi connectivity index (χ0v) is 13.6. The number of anilines is 1. The van der Waals surface area contributed by atoms with E-state index in [4.69, 9.17) is 0 Å². The normalized spacial score (nSPS) is 14.2. The summed E-state index contributed by atoms with van der Waals surface area (Å²) in [6.45, 7) is 1.62. The van der Waals surface area contributed by atoms with Crippen LogP contribution in [0.2, 0.25) is 0 Å². The molecule has 0 atom stereocenters. The second kappa shape index (κ2) is 6.72. The summed E-state index contributed by atoms with van der Waals surface area (Å²) in [5.41, 5.74) is 2.67. The average Bonchev–Trinajstić information content (AvgIpc) is 3.08. The van der Waals surface area contributed by atoms with E-state index in [0.29, 0.717) is 5.69 Å². The molecule has 1 aliphatic rings. The number of hydrogen-bond acceptors (Lipinski definition) is 5. The number of nitrogens with zero attached hydrogens (tertiary/aromatic N) is 5. The first kappa shape index (κ1) is 15.3. The van der Waals surface area contributed by atoms with Crippen molar-refractivity contribution in [1.82, 2.24) is 25.3 Å². The first-order valence-electron chi connectivity index (χ1n) is 8.19. The molecule has 7 nitrogen and oxygen atoms in total. The van der Waals surface area contributed by atoms with Crippen LogP contribution in [0.3, 0.4) is 0 Å². The smallest absolute Gasteiger partial charge is 0.226 e. The van der Waals surface area contributed by atoms with Crippen molar-refractivity contribution in [3.8, 4) is 5.69 Å². The minimum absolute atomic E-state index is 0.0282. The van der Waals surface area contributed by atoms with Crippen LogP contribution in [0.25, 0.3) is 5.69 Å². The number of nitrogens with one attached hydrogen (secondary N) is 1. The number of carbonyl (C=O) groups is 1. The number of carbonyl (C=O) groups excluding carboxylic acids is 1. The molecule has 126 valence electrons. The van der Waals surface area contributed by atoms with E-state index in [1.54, 1.807) is 18.6 Å². The third-order valence-electron chi connectivity index (χ3n) is 4.14. The van der Waals surface area contributed by atoms with Gasteiger partial charge in [-0.3, -0.25) is 9.78 Å². The van der Waals surface area contributed by atoms with Crippen LogP contribution in [-0.4, -0.2) is 45.0 Å². The fourth-order valence-electron chi connectivity index (χ4n) is 2.84. The molecule has 0 unspecified atom stereocenters. The van der Waals surface area contributed by atoms with E-state index < -0.39 is 0 Å². The summed E-state index contributed by atoms with van der Waals surface area (Å²) in [4.78, 5) is 19.9. The molecular formula is C18H18N6O. The number of pyridine rings is 1. The highest BCUT2D eigenvalue weighted by Gasteiger charge is 2.28. The summed E-state index contributed by atoms with van der Waals surface area (Å²) < 4.78 is 0. The number of benzene rings is 1. The lowest BCUT2D eigenvalue weighted by molar-refractivity contribution is -0.121. The molecule has 3 heterocycles. The van der Waals surface area contributed by atoms with Gasteiger partial charge in [0.25, 0.3) is 0 Å². The van der Waals surface area contributed by atoms with Crippen molar-refractivity contribution < 1.29 is 4.79 Å². The van der Waals surface area contributed by atoms with Crippen molar-refractivity contribution in [2.75, 3.05) is 18.0 Å². The Balaban J connectivity index is 1.28. The molecular weight excluding hydrogens is 316 g/mol.